The molecule has 0 unspecified atom stereocenters. The molecule has 0 bridgehead atoms. The monoisotopic (exact) mass is 372 g/mol. The van der Waals surface area contributed by atoms with Crippen LogP contribution in [0.1, 0.15) is 47.8 Å². The lowest BCUT2D eigenvalue weighted by Crippen LogP contribution is -2.50. The van der Waals surface area contributed by atoms with Crippen molar-refractivity contribution >= 4 is 11.8 Å². The van der Waals surface area contributed by atoms with Crippen LogP contribution in [0.3, 0.4) is 0 Å². The maximum absolute atomic E-state index is 12.3. The number of amides is 2. The minimum absolute atomic E-state index is 0.0165. The zero-order chi connectivity index (χ0) is 19.0. The highest BCUT2D eigenvalue weighted by molar-refractivity contribution is 5.94. The lowest BCUT2D eigenvalue weighted by atomic mass is 9.95. The number of aryl methyl sites for hydroxylation is 1. The first kappa shape index (κ1) is 17.7. The van der Waals surface area contributed by atoms with E-state index < -0.39 is 0 Å². The number of hydrogen-bond donors (Lipinski definition) is 0. The van der Waals surface area contributed by atoms with Gasteiger partial charge in [-0.05, 0) is 12.8 Å². The predicted octanol–water partition coefficient (Wildman–Crippen LogP) is 0.844. The Kier molecular flexibility index (Phi) is 4.67. The van der Waals surface area contributed by atoms with Gasteiger partial charge < -0.3 is 14.3 Å². The minimum Gasteiger partial charge on any atom is -0.343 e. The molecule has 9 nitrogen and oxygen atoms in total. The van der Waals surface area contributed by atoms with Gasteiger partial charge in [-0.25, -0.2) is 0 Å². The molecule has 2 aromatic heterocycles. The van der Waals surface area contributed by atoms with Crippen molar-refractivity contribution in [2.75, 3.05) is 26.2 Å². The van der Waals surface area contributed by atoms with Crippen LogP contribution in [-0.4, -0.2) is 67.7 Å². The second-order valence-corrected chi connectivity index (χ2v) is 7.51. The van der Waals surface area contributed by atoms with Crippen LogP contribution in [0, 0.1) is 5.92 Å². The van der Waals surface area contributed by atoms with E-state index in [0.29, 0.717) is 36.9 Å². The highest BCUT2D eigenvalue weighted by atomic mass is 16.5. The maximum atomic E-state index is 12.3. The van der Waals surface area contributed by atoms with Crippen molar-refractivity contribution in [2.24, 2.45) is 13.0 Å². The average Bonchev–Trinajstić information content (AvgIpc) is 3.26. The average molecular weight is 372 g/mol. The van der Waals surface area contributed by atoms with Crippen molar-refractivity contribution < 1.29 is 14.1 Å². The molecular weight excluding hydrogens is 348 g/mol. The highest BCUT2D eigenvalue weighted by Gasteiger charge is 2.33. The summed E-state index contributed by atoms with van der Waals surface area (Å²) in [6, 6.07) is 0. The zero-order valence-corrected chi connectivity index (χ0v) is 15.7. The van der Waals surface area contributed by atoms with Crippen molar-refractivity contribution in [3.8, 4) is 0 Å². The molecule has 0 aromatic carbocycles. The van der Waals surface area contributed by atoms with Gasteiger partial charge in [0.2, 0.25) is 11.8 Å². The molecule has 2 aliphatic heterocycles. The van der Waals surface area contributed by atoms with Gasteiger partial charge in [-0.2, -0.15) is 10.1 Å². The van der Waals surface area contributed by atoms with Crippen LogP contribution in [0.25, 0.3) is 0 Å². The topological polar surface area (TPSA) is 97.4 Å². The molecule has 2 fully saturated rings. The Hall–Kier alpha value is -2.71. The third-order valence-corrected chi connectivity index (χ3v) is 5.45. The van der Waals surface area contributed by atoms with Gasteiger partial charge in [0.1, 0.15) is 0 Å². The van der Waals surface area contributed by atoms with Crippen molar-refractivity contribution in [2.45, 2.75) is 32.1 Å². The molecule has 144 valence electrons. The fourth-order valence-corrected chi connectivity index (χ4v) is 3.80. The first-order chi connectivity index (χ1) is 13.0. The first-order valence-corrected chi connectivity index (χ1v) is 9.35. The summed E-state index contributed by atoms with van der Waals surface area (Å²) >= 11 is 0. The van der Waals surface area contributed by atoms with Crippen LogP contribution < -0.4 is 0 Å². The van der Waals surface area contributed by atoms with Crippen LogP contribution in [0.2, 0.25) is 0 Å². The first-order valence-electron chi connectivity index (χ1n) is 9.35. The lowest BCUT2D eigenvalue weighted by molar-refractivity contribution is -0.129. The third-order valence-electron chi connectivity index (χ3n) is 5.45. The second kappa shape index (κ2) is 7.13. The standard InChI is InChI=1S/C18H24N6O3/c1-12(25)23-5-3-14(4-6-23)17-20-16(27-21-17)7-13-9-24(10-13)18(26)15-8-19-22(2)11-15/h8,11,13-14H,3-7,9-10H2,1-2H3. The third kappa shape index (κ3) is 3.72. The van der Waals surface area contributed by atoms with E-state index in [1.807, 2.05) is 9.80 Å². The summed E-state index contributed by atoms with van der Waals surface area (Å²) in [7, 11) is 1.80. The van der Waals surface area contributed by atoms with Gasteiger partial charge in [-0.1, -0.05) is 5.16 Å². The molecule has 0 atom stereocenters. The molecule has 0 saturated carbocycles. The Morgan fingerprint density at radius 2 is 1.96 bits per heavy atom. The Balaban J connectivity index is 1.26. The Morgan fingerprint density at radius 1 is 1.22 bits per heavy atom. The number of rotatable bonds is 4. The summed E-state index contributed by atoms with van der Waals surface area (Å²) in [5, 5.41) is 8.19. The summed E-state index contributed by atoms with van der Waals surface area (Å²) in [4.78, 5) is 32.0. The Labute approximate surface area is 157 Å². The summed E-state index contributed by atoms with van der Waals surface area (Å²) in [5.74, 6) is 2.12. The van der Waals surface area contributed by atoms with E-state index in [4.69, 9.17) is 4.52 Å². The molecule has 2 aliphatic rings. The van der Waals surface area contributed by atoms with Crippen LogP contribution in [0.5, 0.6) is 0 Å². The number of piperidine rings is 1. The normalized spacial score (nSPS) is 18.6. The van der Waals surface area contributed by atoms with E-state index in [-0.39, 0.29) is 17.7 Å². The maximum Gasteiger partial charge on any atom is 0.257 e. The van der Waals surface area contributed by atoms with Crippen molar-refractivity contribution in [1.29, 1.82) is 0 Å². The molecule has 0 radical (unpaired) electrons. The molecule has 2 saturated heterocycles. The number of hydrogen-bond acceptors (Lipinski definition) is 6. The van der Waals surface area contributed by atoms with Gasteiger partial charge >= 0.3 is 0 Å². The number of aromatic nitrogens is 4. The quantitative estimate of drug-likeness (QED) is 0.789. The molecule has 0 spiro atoms. The fourth-order valence-electron chi connectivity index (χ4n) is 3.80. The van der Waals surface area contributed by atoms with E-state index >= 15 is 0 Å². The van der Waals surface area contributed by atoms with Gasteiger partial charge in [-0.15, -0.1) is 0 Å². The largest absolute Gasteiger partial charge is 0.343 e. The molecule has 4 heterocycles. The summed E-state index contributed by atoms with van der Waals surface area (Å²) < 4.78 is 7.05. The molecule has 0 aliphatic carbocycles. The molecule has 0 N–H and O–H groups in total. The molecule has 4 rings (SSSR count). The summed E-state index contributed by atoms with van der Waals surface area (Å²) in [5.41, 5.74) is 0.618. The summed E-state index contributed by atoms with van der Waals surface area (Å²) in [6.45, 7) is 4.49. The van der Waals surface area contributed by atoms with E-state index in [1.54, 1.807) is 31.0 Å². The fraction of sp³-hybridized carbons (Fsp3) is 0.611. The predicted molar refractivity (Wildman–Crippen MR) is 94.8 cm³/mol. The minimum atomic E-state index is 0.0165. The van der Waals surface area contributed by atoms with E-state index in [9.17, 15) is 9.59 Å². The second-order valence-electron chi connectivity index (χ2n) is 7.51. The summed E-state index contributed by atoms with van der Waals surface area (Å²) in [6.07, 6.45) is 5.76. The number of carbonyl (C=O) groups excluding carboxylic acids is 2. The molecule has 27 heavy (non-hydrogen) atoms. The highest BCUT2D eigenvalue weighted by Crippen LogP contribution is 2.27. The van der Waals surface area contributed by atoms with Gasteiger partial charge in [0.25, 0.3) is 5.91 Å². The van der Waals surface area contributed by atoms with Gasteiger partial charge in [-0.3, -0.25) is 14.3 Å². The van der Waals surface area contributed by atoms with Crippen LogP contribution in [0.15, 0.2) is 16.9 Å². The van der Waals surface area contributed by atoms with Crippen molar-refractivity contribution in [3.05, 3.63) is 29.7 Å². The van der Waals surface area contributed by atoms with Crippen molar-refractivity contribution in [3.63, 3.8) is 0 Å². The number of nitrogens with zero attached hydrogens (tertiary/aromatic N) is 6. The molecule has 2 amide bonds. The lowest BCUT2D eigenvalue weighted by Gasteiger charge is -2.38. The van der Waals surface area contributed by atoms with E-state index in [0.717, 1.165) is 31.8 Å². The number of likely N-dealkylation sites (tertiary alicyclic amines) is 2. The van der Waals surface area contributed by atoms with Crippen LogP contribution in [-0.2, 0) is 18.3 Å². The van der Waals surface area contributed by atoms with Crippen LogP contribution in [0.4, 0.5) is 0 Å². The number of carbonyl (C=O) groups is 2. The Bertz CT molecular complexity index is 830. The van der Waals surface area contributed by atoms with E-state index in [2.05, 4.69) is 15.2 Å². The smallest absolute Gasteiger partial charge is 0.257 e. The zero-order valence-electron chi connectivity index (χ0n) is 15.7. The van der Waals surface area contributed by atoms with Crippen molar-refractivity contribution in [1.82, 2.24) is 29.7 Å². The molecular formula is C18H24N6O3. The molecule has 9 heteroatoms. The van der Waals surface area contributed by atoms with Gasteiger partial charge in [0.15, 0.2) is 5.82 Å². The van der Waals surface area contributed by atoms with E-state index in [1.165, 1.54) is 0 Å². The SMILES string of the molecule is CC(=O)N1CCC(c2noc(CC3CN(C(=O)c4cnn(C)c4)C3)n2)CC1. The van der Waals surface area contributed by atoms with Crippen LogP contribution >= 0.6 is 0 Å². The van der Waals surface area contributed by atoms with Gasteiger partial charge in [0.05, 0.1) is 11.8 Å². The molecule has 2 aromatic rings. The van der Waals surface area contributed by atoms with Gasteiger partial charge in [0, 0.05) is 64.6 Å². The Morgan fingerprint density at radius 3 is 2.59 bits per heavy atom.